The molecule has 1 aromatic carbocycles. The lowest BCUT2D eigenvalue weighted by molar-refractivity contribution is -0.385. The highest BCUT2D eigenvalue weighted by Gasteiger charge is 2.26. The molecule has 1 fully saturated rings. The van der Waals surface area contributed by atoms with Crippen LogP contribution in [0.4, 0.5) is 11.4 Å². The molecule has 1 amide bonds. The van der Waals surface area contributed by atoms with E-state index in [0.717, 1.165) is 19.3 Å². The molecule has 0 spiro atoms. The molecule has 0 bridgehead atoms. The number of hydrogen-bond donors (Lipinski definition) is 2. The van der Waals surface area contributed by atoms with Gasteiger partial charge in [-0.05, 0) is 31.4 Å². The van der Waals surface area contributed by atoms with Crippen LogP contribution in [0.2, 0.25) is 0 Å². The number of hydrogen-bond acceptors (Lipinski definition) is 5. The predicted octanol–water partition coefficient (Wildman–Crippen LogP) is 1.92. The van der Waals surface area contributed by atoms with Crippen molar-refractivity contribution in [2.75, 3.05) is 5.32 Å². The standard InChI is InChI=1S/C14H16N4O3/c15-8-10-7-12(4-5-13(10)18(20)21)17-11-3-1-2-9(6-11)14(16)19/h4-5,7,9,11,17H,1-3,6H2,(H2,16,19)/t9-,11+/m0/s1. The van der Waals surface area contributed by atoms with E-state index in [2.05, 4.69) is 5.32 Å². The van der Waals surface area contributed by atoms with Crippen LogP contribution >= 0.6 is 0 Å². The summed E-state index contributed by atoms with van der Waals surface area (Å²) < 4.78 is 0. The molecule has 0 unspecified atom stereocenters. The minimum Gasteiger partial charge on any atom is -0.382 e. The maximum atomic E-state index is 11.2. The summed E-state index contributed by atoms with van der Waals surface area (Å²) in [6, 6.07) is 6.27. The number of primary amides is 1. The minimum absolute atomic E-state index is 0.0206. The third-order valence-corrected chi connectivity index (χ3v) is 3.76. The number of nitriles is 1. The van der Waals surface area contributed by atoms with E-state index >= 15 is 0 Å². The fourth-order valence-electron chi connectivity index (χ4n) is 2.69. The predicted molar refractivity (Wildman–Crippen MR) is 76.4 cm³/mol. The van der Waals surface area contributed by atoms with Gasteiger partial charge in [-0.25, -0.2) is 0 Å². The van der Waals surface area contributed by atoms with Crippen LogP contribution in [0.5, 0.6) is 0 Å². The van der Waals surface area contributed by atoms with Crippen LogP contribution in [0.15, 0.2) is 18.2 Å². The number of carbonyl (C=O) groups is 1. The summed E-state index contributed by atoms with van der Waals surface area (Å²) in [6.45, 7) is 0. The summed E-state index contributed by atoms with van der Waals surface area (Å²) in [5.74, 6) is -0.423. The first-order valence-corrected chi connectivity index (χ1v) is 6.75. The zero-order chi connectivity index (χ0) is 15.4. The highest BCUT2D eigenvalue weighted by molar-refractivity contribution is 5.76. The number of benzene rings is 1. The average Bonchev–Trinajstić information content (AvgIpc) is 2.47. The number of nitro benzene ring substituents is 1. The molecule has 2 atom stereocenters. The van der Waals surface area contributed by atoms with Crippen molar-refractivity contribution >= 4 is 17.3 Å². The van der Waals surface area contributed by atoms with Gasteiger partial charge in [-0.15, -0.1) is 0 Å². The van der Waals surface area contributed by atoms with Crippen molar-refractivity contribution in [2.24, 2.45) is 11.7 Å². The van der Waals surface area contributed by atoms with Crippen molar-refractivity contribution in [3.05, 3.63) is 33.9 Å². The molecule has 1 aromatic rings. The highest BCUT2D eigenvalue weighted by atomic mass is 16.6. The second-order valence-corrected chi connectivity index (χ2v) is 5.21. The first kappa shape index (κ1) is 14.8. The van der Waals surface area contributed by atoms with Crippen LogP contribution in [0.3, 0.4) is 0 Å². The normalized spacial score (nSPS) is 21.3. The Hall–Kier alpha value is -2.62. The minimum atomic E-state index is -0.577. The molecule has 1 aliphatic carbocycles. The topological polar surface area (TPSA) is 122 Å². The van der Waals surface area contributed by atoms with Gasteiger partial charge in [0.25, 0.3) is 5.69 Å². The lowest BCUT2D eigenvalue weighted by Gasteiger charge is -2.28. The number of amides is 1. The molecule has 0 aliphatic heterocycles. The van der Waals surface area contributed by atoms with Crippen molar-refractivity contribution in [3.8, 4) is 6.07 Å². The van der Waals surface area contributed by atoms with Crippen molar-refractivity contribution in [3.63, 3.8) is 0 Å². The molecule has 1 aliphatic rings. The van der Waals surface area contributed by atoms with Crippen LogP contribution in [0.25, 0.3) is 0 Å². The molecule has 0 saturated heterocycles. The van der Waals surface area contributed by atoms with Gasteiger partial charge in [0, 0.05) is 23.7 Å². The number of rotatable bonds is 4. The molecule has 0 radical (unpaired) electrons. The van der Waals surface area contributed by atoms with Gasteiger partial charge >= 0.3 is 0 Å². The van der Waals surface area contributed by atoms with Crippen LogP contribution < -0.4 is 11.1 Å². The van der Waals surface area contributed by atoms with Crippen molar-refractivity contribution in [1.82, 2.24) is 0 Å². The summed E-state index contributed by atoms with van der Waals surface area (Å²) in [4.78, 5) is 21.5. The number of anilines is 1. The Bertz CT molecular complexity index is 609. The van der Waals surface area contributed by atoms with Crippen molar-refractivity contribution in [2.45, 2.75) is 31.7 Å². The van der Waals surface area contributed by atoms with Crippen LogP contribution in [0.1, 0.15) is 31.2 Å². The van der Waals surface area contributed by atoms with Gasteiger partial charge in [0.05, 0.1) is 4.92 Å². The summed E-state index contributed by atoms with van der Waals surface area (Å²) in [7, 11) is 0. The van der Waals surface area contributed by atoms with Crippen LogP contribution in [-0.4, -0.2) is 16.9 Å². The van der Waals surface area contributed by atoms with Gasteiger partial charge in [0.15, 0.2) is 0 Å². The van der Waals surface area contributed by atoms with E-state index in [0.29, 0.717) is 12.1 Å². The third-order valence-electron chi connectivity index (χ3n) is 3.76. The molecule has 7 heteroatoms. The lowest BCUT2D eigenvalue weighted by Crippen LogP contribution is -2.34. The summed E-state index contributed by atoms with van der Waals surface area (Å²) in [5, 5.41) is 23.0. The van der Waals surface area contributed by atoms with Gasteiger partial charge in [-0.1, -0.05) is 6.42 Å². The second-order valence-electron chi connectivity index (χ2n) is 5.21. The maximum Gasteiger partial charge on any atom is 0.287 e. The highest BCUT2D eigenvalue weighted by Crippen LogP contribution is 2.28. The number of carbonyl (C=O) groups excluding carboxylic acids is 1. The Morgan fingerprint density at radius 1 is 1.48 bits per heavy atom. The lowest BCUT2D eigenvalue weighted by atomic mass is 9.85. The van der Waals surface area contributed by atoms with Gasteiger partial charge < -0.3 is 11.1 Å². The van der Waals surface area contributed by atoms with E-state index in [1.165, 1.54) is 12.1 Å². The van der Waals surface area contributed by atoms with Crippen LogP contribution in [0, 0.1) is 27.4 Å². The van der Waals surface area contributed by atoms with E-state index < -0.39 is 4.92 Å². The van der Waals surface area contributed by atoms with Crippen molar-refractivity contribution in [1.29, 1.82) is 5.26 Å². The number of nitrogens with two attached hydrogens (primary N) is 1. The fraction of sp³-hybridized carbons (Fsp3) is 0.429. The molecular formula is C14H16N4O3. The molecule has 21 heavy (non-hydrogen) atoms. The Labute approximate surface area is 121 Å². The summed E-state index contributed by atoms with van der Waals surface area (Å²) in [6.07, 6.45) is 3.26. The Morgan fingerprint density at radius 3 is 2.86 bits per heavy atom. The van der Waals surface area contributed by atoms with Gasteiger partial charge in [0.1, 0.15) is 11.6 Å². The first-order chi connectivity index (χ1) is 10.0. The Morgan fingerprint density at radius 2 is 2.24 bits per heavy atom. The summed E-state index contributed by atoms with van der Waals surface area (Å²) >= 11 is 0. The molecule has 2 rings (SSSR count). The van der Waals surface area contributed by atoms with E-state index in [-0.39, 0.29) is 29.1 Å². The SMILES string of the molecule is N#Cc1cc(N[C@@H]2CCC[C@H](C(N)=O)C2)ccc1[N+](=O)[O-]. The molecule has 7 nitrogen and oxygen atoms in total. The van der Waals surface area contributed by atoms with Gasteiger partial charge in [-0.2, -0.15) is 5.26 Å². The van der Waals surface area contributed by atoms with E-state index in [1.54, 1.807) is 6.07 Å². The van der Waals surface area contributed by atoms with Gasteiger partial charge in [-0.3, -0.25) is 14.9 Å². The monoisotopic (exact) mass is 288 g/mol. The van der Waals surface area contributed by atoms with Crippen LogP contribution in [-0.2, 0) is 4.79 Å². The zero-order valence-corrected chi connectivity index (χ0v) is 11.4. The van der Waals surface area contributed by atoms with Gasteiger partial charge in [0.2, 0.25) is 5.91 Å². The number of nitro groups is 1. The Balaban J connectivity index is 2.11. The van der Waals surface area contributed by atoms with E-state index in [1.807, 2.05) is 6.07 Å². The quantitative estimate of drug-likeness (QED) is 0.647. The molecular weight excluding hydrogens is 272 g/mol. The molecule has 110 valence electrons. The smallest absolute Gasteiger partial charge is 0.287 e. The fourth-order valence-corrected chi connectivity index (χ4v) is 2.69. The third kappa shape index (κ3) is 3.48. The molecule has 0 aromatic heterocycles. The van der Waals surface area contributed by atoms with Crippen molar-refractivity contribution < 1.29 is 9.72 Å². The summed E-state index contributed by atoms with van der Waals surface area (Å²) in [5.41, 5.74) is 5.80. The largest absolute Gasteiger partial charge is 0.382 e. The molecule has 0 heterocycles. The molecule has 3 N–H and O–H groups in total. The van der Waals surface area contributed by atoms with E-state index in [9.17, 15) is 14.9 Å². The Kier molecular flexibility index (Phi) is 4.38. The van der Waals surface area contributed by atoms with E-state index in [4.69, 9.17) is 11.0 Å². The number of nitrogens with zero attached hydrogens (tertiary/aromatic N) is 2. The maximum absolute atomic E-state index is 11.2. The number of nitrogens with one attached hydrogen (secondary N) is 1. The average molecular weight is 288 g/mol. The second kappa shape index (κ2) is 6.22. The zero-order valence-electron chi connectivity index (χ0n) is 11.4. The molecule has 1 saturated carbocycles. The first-order valence-electron chi connectivity index (χ1n) is 6.75.